The van der Waals surface area contributed by atoms with Gasteiger partial charge in [0, 0.05) is 18.3 Å². The normalized spacial score (nSPS) is 16.4. The van der Waals surface area contributed by atoms with Crippen molar-refractivity contribution in [3.05, 3.63) is 30.0 Å². The lowest BCUT2D eigenvalue weighted by atomic mass is 10.2. The van der Waals surface area contributed by atoms with Crippen molar-refractivity contribution in [2.45, 2.75) is 0 Å². The molecular weight excluding hydrogens is 124 g/mol. The molecule has 2 heterocycles. The van der Waals surface area contributed by atoms with Gasteiger partial charge in [0.25, 0.3) is 0 Å². The van der Waals surface area contributed by atoms with Crippen LogP contribution in [0.3, 0.4) is 0 Å². The second kappa shape index (κ2) is 2.14. The molecule has 0 atom stereocenters. The Bertz CT molecular complexity index is 296. The number of anilines is 1. The fraction of sp³-hybridized carbons (Fsp3) is 0.125. The third kappa shape index (κ3) is 0.778. The van der Waals surface area contributed by atoms with E-state index in [-0.39, 0.29) is 0 Å². The van der Waals surface area contributed by atoms with Crippen molar-refractivity contribution in [3.63, 3.8) is 0 Å². The van der Waals surface area contributed by atoms with Crippen LogP contribution in [-0.2, 0) is 0 Å². The van der Waals surface area contributed by atoms with Crippen molar-refractivity contribution >= 4 is 11.9 Å². The van der Waals surface area contributed by atoms with Crippen molar-refractivity contribution in [2.75, 3.05) is 11.9 Å². The van der Waals surface area contributed by atoms with E-state index in [4.69, 9.17) is 1.41 Å². The first-order valence-electron chi connectivity index (χ1n) is 3.70. The van der Waals surface area contributed by atoms with Gasteiger partial charge in [0.1, 0.15) is 5.82 Å². The first-order valence-corrected chi connectivity index (χ1v) is 3.26. The summed E-state index contributed by atoms with van der Waals surface area (Å²) in [6, 6.07) is 3.84. The van der Waals surface area contributed by atoms with Gasteiger partial charge in [-0.3, -0.25) is 0 Å². The van der Waals surface area contributed by atoms with Crippen LogP contribution < -0.4 is 5.31 Å². The molecule has 1 aromatic rings. The summed E-state index contributed by atoms with van der Waals surface area (Å²) < 4.78 is 7.47. The number of rotatable bonds is 0. The zero-order valence-electron chi connectivity index (χ0n) is 6.49. The number of aromatic nitrogens is 1. The Morgan fingerprint density at radius 1 is 1.70 bits per heavy atom. The highest BCUT2D eigenvalue weighted by Gasteiger charge is 2.00. The second-order valence-electron chi connectivity index (χ2n) is 2.16. The zero-order chi connectivity index (χ0) is 7.68. The van der Waals surface area contributed by atoms with E-state index < -0.39 is 0 Å². The molecule has 2 heteroatoms. The van der Waals surface area contributed by atoms with Crippen LogP contribution in [0.5, 0.6) is 0 Å². The summed E-state index contributed by atoms with van der Waals surface area (Å²) in [7, 11) is 0. The molecule has 0 radical (unpaired) electrons. The molecule has 0 bridgehead atoms. The fourth-order valence-electron chi connectivity index (χ4n) is 0.990. The van der Waals surface area contributed by atoms with Crippen molar-refractivity contribution < 1.29 is 1.41 Å². The van der Waals surface area contributed by atoms with Gasteiger partial charge in [0.2, 0.25) is 0 Å². The van der Waals surface area contributed by atoms with Gasteiger partial charge in [-0.15, -0.1) is 0 Å². The summed E-state index contributed by atoms with van der Waals surface area (Å²) in [6.07, 6.45) is 5.66. The number of nitrogens with zero attached hydrogens (tertiary/aromatic N) is 1. The highest BCUT2D eigenvalue weighted by atomic mass is 15.0. The van der Waals surface area contributed by atoms with Gasteiger partial charge in [-0.1, -0.05) is 12.2 Å². The molecular formula is C8H8N2. The molecule has 2 rings (SSSR count). The van der Waals surface area contributed by atoms with Crippen LogP contribution >= 0.6 is 0 Å². The minimum absolute atomic E-state index is 0.629. The summed E-state index contributed by atoms with van der Waals surface area (Å²) in [6.45, 7) is 0.629. The van der Waals surface area contributed by atoms with Crippen LogP contribution in [0.4, 0.5) is 5.82 Å². The molecule has 0 aliphatic carbocycles. The van der Waals surface area contributed by atoms with Crippen molar-refractivity contribution in [2.24, 2.45) is 0 Å². The molecule has 10 heavy (non-hydrogen) atoms. The maximum Gasteiger partial charge on any atom is 0.162 e. The monoisotopic (exact) mass is 133 g/mol. The molecule has 0 unspecified atom stereocenters. The quantitative estimate of drug-likeness (QED) is 0.580. The first kappa shape index (κ1) is 4.50. The van der Waals surface area contributed by atoms with Gasteiger partial charge in [-0.25, -0.2) is 4.98 Å². The van der Waals surface area contributed by atoms with Crippen LogP contribution in [-0.4, -0.2) is 11.5 Å². The number of nitrogens with one attached hydrogen (secondary N) is 1. The number of hydrogen-bond donors (Lipinski definition) is 1. The van der Waals surface area contributed by atoms with E-state index in [9.17, 15) is 0 Å². The Hall–Kier alpha value is -1.31. The predicted octanol–water partition coefficient (Wildman–Crippen LogP) is 1.52. The minimum Gasteiger partial charge on any atom is -0.366 e. The summed E-state index contributed by atoms with van der Waals surface area (Å²) in [4.78, 5) is 4.09. The maximum atomic E-state index is 7.47. The Kier molecular flexibility index (Phi) is 0.961. The fourth-order valence-corrected chi connectivity index (χ4v) is 0.990. The molecule has 0 fully saturated rings. The van der Waals surface area contributed by atoms with Crippen LogP contribution in [0.15, 0.2) is 24.4 Å². The topological polar surface area (TPSA) is 24.9 Å². The molecule has 0 saturated carbocycles. The Labute approximate surface area is 61.1 Å². The zero-order valence-corrected chi connectivity index (χ0v) is 5.49. The summed E-state index contributed by atoms with van der Waals surface area (Å²) in [5, 5.41) is 1.38. The number of pyridine rings is 1. The van der Waals surface area contributed by atoms with Crippen LogP contribution in [0.25, 0.3) is 6.08 Å². The molecule has 1 aliphatic rings. The Balaban J connectivity index is 2.54. The standard InChI is InChI=1S/C8H8N2/c1-3-7-4-2-6-10-8(7)9-5-1/h1-5H,6H2,(H,9,10)/i/hD. The SMILES string of the molecule is [2H]N1CC=Cc2cccnc21. The van der Waals surface area contributed by atoms with E-state index in [0.29, 0.717) is 6.54 Å². The molecule has 1 aromatic heterocycles. The molecule has 1 N–H and O–H groups in total. The van der Waals surface area contributed by atoms with E-state index in [1.807, 2.05) is 24.3 Å². The predicted molar refractivity (Wildman–Crippen MR) is 41.8 cm³/mol. The van der Waals surface area contributed by atoms with Gasteiger partial charge < -0.3 is 5.31 Å². The summed E-state index contributed by atoms with van der Waals surface area (Å²) >= 11 is 0. The average molecular weight is 133 g/mol. The second-order valence-corrected chi connectivity index (χ2v) is 2.16. The number of fused-ring (bicyclic) bond motifs is 1. The van der Waals surface area contributed by atoms with Crippen molar-refractivity contribution in [3.8, 4) is 0 Å². The molecule has 2 nitrogen and oxygen atoms in total. The van der Waals surface area contributed by atoms with Crippen LogP contribution in [0.2, 0.25) is 1.41 Å². The summed E-state index contributed by atoms with van der Waals surface area (Å²) in [5.41, 5.74) is 1.02. The first-order chi connectivity index (χ1) is 5.38. The Morgan fingerprint density at radius 2 is 2.70 bits per heavy atom. The maximum absolute atomic E-state index is 7.47. The Morgan fingerprint density at radius 3 is 3.60 bits per heavy atom. The van der Waals surface area contributed by atoms with E-state index in [1.165, 1.54) is 5.31 Å². The highest BCUT2D eigenvalue weighted by Crippen LogP contribution is 2.15. The molecule has 1 aliphatic heterocycles. The van der Waals surface area contributed by atoms with E-state index in [0.717, 1.165) is 11.4 Å². The molecule has 0 amide bonds. The molecule has 50 valence electrons. The molecule has 0 saturated heterocycles. The smallest absolute Gasteiger partial charge is 0.162 e. The van der Waals surface area contributed by atoms with Crippen molar-refractivity contribution in [1.29, 1.82) is 0 Å². The summed E-state index contributed by atoms with van der Waals surface area (Å²) in [5.74, 6) is 0.745. The van der Waals surface area contributed by atoms with Gasteiger partial charge >= 0.3 is 0 Å². The van der Waals surface area contributed by atoms with E-state index in [1.54, 1.807) is 6.20 Å². The van der Waals surface area contributed by atoms with Gasteiger partial charge in [0.05, 0.1) is 0 Å². The average Bonchev–Trinajstić information content (AvgIpc) is 2.06. The van der Waals surface area contributed by atoms with Gasteiger partial charge in [-0.05, 0) is 12.1 Å². The van der Waals surface area contributed by atoms with Crippen molar-refractivity contribution in [1.82, 2.24) is 4.98 Å². The van der Waals surface area contributed by atoms with Gasteiger partial charge in [0.15, 0.2) is 1.41 Å². The third-order valence-electron chi connectivity index (χ3n) is 1.46. The van der Waals surface area contributed by atoms with Crippen LogP contribution in [0.1, 0.15) is 5.56 Å². The van der Waals surface area contributed by atoms with Crippen LogP contribution in [0, 0.1) is 0 Å². The lowest BCUT2D eigenvalue weighted by molar-refractivity contribution is 1.20. The van der Waals surface area contributed by atoms with Gasteiger partial charge in [-0.2, -0.15) is 0 Å². The largest absolute Gasteiger partial charge is 0.366 e. The van der Waals surface area contributed by atoms with E-state index in [2.05, 4.69) is 4.98 Å². The number of hydrogen-bond acceptors (Lipinski definition) is 2. The lowest BCUT2D eigenvalue weighted by Gasteiger charge is -2.09. The minimum atomic E-state index is 0.629. The third-order valence-corrected chi connectivity index (χ3v) is 1.46. The molecule has 0 aromatic carbocycles. The molecule has 0 spiro atoms. The lowest BCUT2D eigenvalue weighted by Crippen LogP contribution is -2.05. The highest BCUT2D eigenvalue weighted by molar-refractivity contribution is 5.65. The van der Waals surface area contributed by atoms with E-state index >= 15 is 0 Å².